The fourth-order valence-electron chi connectivity index (χ4n) is 2.60. The molecular weight excluding hydrogens is 366 g/mol. The fourth-order valence-corrected chi connectivity index (χ4v) is 3.58. The molecule has 0 aromatic carbocycles. The SMILES string of the molecule is CCS[C@@H]1O[C@H](COC(C)=O)[C@H](OC(C)=O)[C@H](OC(C)=O)[C@@H]1NC(C)=O. The van der Waals surface area contributed by atoms with E-state index in [1.54, 1.807) is 0 Å². The lowest BCUT2D eigenvalue weighted by Crippen LogP contribution is -2.65. The molecule has 5 atom stereocenters. The van der Waals surface area contributed by atoms with Crippen LogP contribution in [0.2, 0.25) is 0 Å². The van der Waals surface area contributed by atoms with Gasteiger partial charge in [0, 0.05) is 27.7 Å². The van der Waals surface area contributed by atoms with Gasteiger partial charge in [-0.15, -0.1) is 11.8 Å². The van der Waals surface area contributed by atoms with Crippen LogP contribution in [0.4, 0.5) is 0 Å². The third-order valence-corrected chi connectivity index (χ3v) is 4.47. The van der Waals surface area contributed by atoms with Crippen LogP contribution in [0.5, 0.6) is 0 Å². The highest BCUT2D eigenvalue weighted by Crippen LogP contribution is 2.32. The number of carbonyl (C=O) groups excluding carboxylic acids is 4. The number of rotatable bonds is 7. The molecule has 0 aliphatic carbocycles. The molecular formula is C16H25NO8S. The van der Waals surface area contributed by atoms with Gasteiger partial charge in [0.25, 0.3) is 0 Å². The van der Waals surface area contributed by atoms with E-state index in [-0.39, 0.29) is 12.5 Å². The van der Waals surface area contributed by atoms with Crippen molar-refractivity contribution in [1.82, 2.24) is 5.32 Å². The van der Waals surface area contributed by atoms with E-state index >= 15 is 0 Å². The minimum Gasteiger partial charge on any atom is -0.463 e. The molecule has 0 unspecified atom stereocenters. The zero-order valence-electron chi connectivity index (χ0n) is 15.5. The lowest BCUT2D eigenvalue weighted by atomic mass is 9.97. The number of carbonyl (C=O) groups is 4. The first-order chi connectivity index (χ1) is 12.1. The molecule has 0 aromatic heterocycles. The second-order valence-corrected chi connectivity index (χ2v) is 7.05. The molecule has 1 fully saturated rings. The van der Waals surface area contributed by atoms with Gasteiger partial charge in [-0.05, 0) is 5.75 Å². The highest BCUT2D eigenvalue weighted by atomic mass is 32.2. The minimum absolute atomic E-state index is 0.182. The van der Waals surface area contributed by atoms with Crippen molar-refractivity contribution >= 4 is 35.6 Å². The Morgan fingerprint density at radius 1 is 0.962 bits per heavy atom. The van der Waals surface area contributed by atoms with E-state index in [9.17, 15) is 19.2 Å². The van der Waals surface area contributed by atoms with E-state index in [0.717, 1.165) is 0 Å². The molecule has 0 saturated carbocycles. The third kappa shape index (κ3) is 6.83. The van der Waals surface area contributed by atoms with Crippen LogP contribution < -0.4 is 5.32 Å². The van der Waals surface area contributed by atoms with E-state index in [0.29, 0.717) is 5.75 Å². The Balaban J connectivity index is 3.22. The van der Waals surface area contributed by atoms with Crippen molar-refractivity contribution in [2.45, 2.75) is 64.4 Å². The summed E-state index contributed by atoms with van der Waals surface area (Å²) in [4.78, 5) is 45.9. The maximum Gasteiger partial charge on any atom is 0.303 e. The molecule has 10 heteroatoms. The molecule has 1 rings (SSSR count). The minimum atomic E-state index is -1.04. The Hall–Kier alpha value is -1.81. The molecule has 0 bridgehead atoms. The van der Waals surface area contributed by atoms with Crippen LogP contribution in [0.1, 0.15) is 34.6 Å². The smallest absolute Gasteiger partial charge is 0.303 e. The average Bonchev–Trinajstić information content (AvgIpc) is 2.50. The van der Waals surface area contributed by atoms with Crippen molar-refractivity contribution < 1.29 is 38.1 Å². The van der Waals surface area contributed by atoms with Crippen LogP contribution in [-0.4, -0.2) is 66.0 Å². The van der Waals surface area contributed by atoms with Crippen molar-refractivity contribution in [1.29, 1.82) is 0 Å². The number of esters is 3. The van der Waals surface area contributed by atoms with Gasteiger partial charge in [-0.1, -0.05) is 6.92 Å². The van der Waals surface area contributed by atoms with E-state index in [1.807, 2.05) is 6.92 Å². The molecule has 26 heavy (non-hydrogen) atoms. The first-order valence-corrected chi connectivity index (χ1v) is 9.22. The van der Waals surface area contributed by atoms with Gasteiger partial charge in [0.05, 0.1) is 0 Å². The summed E-state index contributed by atoms with van der Waals surface area (Å²) in [5, 5.41) is 2.70. The Kier molecular flexibility index (Phi) is 8.86. The summed E-state index contributed by atoms with van der Waals surface area (Å²) in [6, 6.07) is -0.737. The summed E-state index contributed by atoms with van der Waals surface area (Å²) in [5.41, 5.74) is -0.583. The maximum absolute atomic E-state index is 11.6. The van der Waals surface area contributed by atoms with Crippen molar-refractivity contribution in [3.05, 3.63) is 0 Å². The van der Waals surface area contributed by atoms with Gasteiger partial charge < -0.3 is 24.3 Å². The second-order valence-electron chi connectivity index (χ2n) is 5.68. The highest BCUT2D eigenvalue weighted by Gasteiger charge is 2.50. The summed E-state index contributed by atoms with van der Waals surface area (Å²) in [6.07, 6.45) is -2.87. The molecule has 0 spiro atoms. The van der Waals surface area contributed by atoms with Crippen LogP contribution >= 0.6 is 11.8 Å². The highest BCUT2D eigenvalue weighted by molar-refractivity contribution is 7.99. The van der Waals surface area contributed by atoms with Crippen LogP contribution in [0, 0.1) is 0 Å². The molecule has 1 saturated heterocycles. The molecule has 1 aliphatic heterocycles. The van der Waals surface area contributed by atoms with Crippen LogP contribution in [-0.2, 0) is 38.1 Å². The molecule has 0 radical (unpaired) electrons. The summed E-state index contributed by atoms with van der Waals surface area (Å²) in [6.45, 7) is 6.70. The second kappa shape index (κ2) is 10.4. The van der Waals surface area contributed by atoms with Crippen molar-refractivity contribution in [2.75, 3.05) is 12.4 Å². The van der Waals surface area contributed by atoms with Gasteiger partial charge >= 0.3 is 17.9 Å². The summed E-state index contributed by atoms with van der Waals surface area (Å²) >= 11 is 1.38. The number of hydrogen-bond donors (Lipinski definition) is 1. The Bertz CT molecular complexity index is 540. The monoisotopic (exact) mass is 391 g/mol. The number of thioether (sulfide) groups is 1. The standard InChI is InChI=1S/C16H25NO8S/c1-6-26-16-13(17-8(2)18)15(24-11(5)21)14(23-10(4)20)12(25-16)7-22-9(3)19/h12-16H,6-7H2,1-5H3,(H,17,18)/t12-,13+,14+,15-,16+/m1/s1. The Labute approximate surface area is 156 Å². The van der Waals surface area contributed by atoms with E-state index < -0.39 is 47.7 Å². The van der Waals surface area contributed by atoms with Gasteiger partial charge in [-0.2, -0.15) is 0 Å². The average molecular weight is 391 g/mol. The first-order valence-electron chi connectivity index (χ1n) is 8.17. The summed E-state index contributed by atoms with van der Waals surface area (Å²) in [7, 11) is 0. The number of ether oxygens (including phenoxy) is 4. The zero-order valence-corrected chi connectivity index (χ0v) is 16.3. The number of hydrogen-bond acceptors (Lipinski definition) is 9. The quantitative estimate of drug-likeness (QED) is 0.486. The van der Waals surface area contributed by atoms with Crippen LogP contribution in [0.25, 0.3) is 0 Å². The van der Waals surface area contributed by atoms with E-state index in [1.165, 1.54) is 39.5 Å². The van der Waals surface area contributed by atoms with Crippen molar-refractivity contribution in [3.8, 4) is 0 Å². The lowest BCUT2D eigenvalue weighted by molar-refractivity contribution is -0.211. The van der Waals surface area contributed by atoms with Crippen LogP contribution in [0.3, 0.4) is 0 Å². The molecule has 9 nitrogen and oxygen atoms in total. The predicted octanol–water partition coefficient (Wildman–Crippen LogP) is 0.396. The molecule has 1 heterocycles. The van der Waals surface area contributed by atoms with E-state index in [4.69, 9.17) is 18.9 Å². The molecule has 148 valence electrons. The van der Waals surface area contributed by atoms with Crippen molar-refractivity contribution in [3.63, 3.8) is 0 Å². The van der Waals surface area contributed by atoms with Gasteiger partial charge in [-0.3, -0.25) is 19.2 Å². The Morgan fingerprint density at radius 3 is 2.00 bits per heavy atom. The summed E-state index contributed by atoms with van der Waals surface area (Å²) < 4.78 is 21.6. The zero-order chi connectivity index (χ0) is 19.9. The molecule has 1 N–H and O–H groups in total. The van der Waals surface area contributed by atoms with Gasteiger partial charge in [0.1, 0.15) is 24.2 Å². The molecule has 1 aliphatic rings. The number of nitrogens with one attached hydrogen (secondary N) is 1. The molecule has 0 aromatic rings. The maximum atomic E-state index is 11.6. The fraction of sp³-hybridized carbons (Fsp3) is 0.750. The Morgan fingerprint density at radius 2 is 1.54 bits per heavy atom. The molecule has 1 amide bonds. The number of amides is 1. The van der Waals surface area contributed by atoms with Gasteiger partial charge in [-0.25, -0.2) is 0 Å². The third-order valence-electron chi connectivity index (χ3n) is 3.40. The first kappa shape index (κ1) is 22.2. The van der Waals surface area contributed by atoms with Gasteiger partial charge in [0.15, 0.2) is 12.2 Å². The van der Waals surface area contributed by atoms with E-state index in [2.05, 4.69) is 5.32 Å². The summed E-state index contributed by atoms with van der Waals surface area (Å²) in [5.74, 6) is -1.44. The van der Waals surface area contributed by atoms with Crippen molar-refractivity contribution in [2.24, 2.45) is 0 Å². The largest absolute Gasteiger partial charge is 0.463 e. The van der Waals surface area contributed by atoms with Gasteiger partial charge in [0.2, 0.25) is 5.91 Å². The topological polar surface area (TPSA) is 117 Å². The lowest BCUT2D eigenvalue weighted by Gasteiger charge is -2.45. The predicted molar refractivity (Wildman–Crippen MR) is 92.1 cm³/mol. The van der Waals surface area contributed by atoms with Crippen LogP contribution in [0.15, 0.2) is 0 Å². The normalized spacial score (nSPS) is 28.0.